The van der Waals surface area contributed by atoms with Crippen LogP contribution in [0.2, 0.25) is 0 Å². The predicted molar refractivity (Wildman–Crippen MR) is 76.9 cm³/mol. The standard InChI is InChI=1S/C14H21O5P/c1-6-17-20(16,18-7-2)19-14(15)13-9-8-10(3)11(4)12(13)5/h8-9H,6-7H2,1-5H3. The van der Waals surface area contributed by atoms with Crippen LogP contribution in [0.25, 0.3) is 0 Å². The summed E-state index contributed by atoms with van der Waals surface area (Å²) in [7, 11) is -3.84. The van der Waals surface area contributed by atoms with Gasteiger partial charge >= 0.3 is 13.8 Å². The van der Waals surface area contributed by atoms with E-state index in [1.807, 2.05) is 26.8 Å². The number of carbonyl (C=O) groups is 1. The number of rotatable bonds is 6. The Kier molecular flexibility index (Phi) is 5.93. The second-order valence-corrected chi connectivity index (χ2v) is 5.93. The Morgan fingerprint density at radius 1 is 1.05 bits per heavy atom. The highest BCUT2D eigenvalue weighted by Gasteiger charge is 2.31. The second kappa shape index (κ2) is 7.02. The van der Waals surface area contributed by atoms with E-state index in [0.717, 1.165) is 16.7 Å². The highest BCUT2D eigenvalue weighted by Crippen LogP contribution is 2.50. The lowest BCUT2D eigenvalue weighted by molar-refractivity contribution is 0.0605. The predicted octanol–water partition coefficient (Wildman–Crippen LogP) is 3.95. The van der Waals surface area contributed by atoms with E-state index in [9.17, 15) is 9.36 Å². The Labute approximate surface area is 119 Å². The first-order valence-electron chi connectivity index (χ1n) is 6.54. The Bertz CT molecular complexity index is 529. The van der Waals surface area contributed by atoms with Gasteiger partial charge in [0.1, 0.15) is 0 Å². The molecule has 6 heteroatoms. The third-order valence-corrected chi connectivity index (χ3v) is 4.59. The maximum Gasteiger partial charge on any atom is 0.532 e. The van der Waals surface area contributed by atoms with Crippen molar-refractivity contribution in [3.8, 4) is 0 Å². The molecule has 0 saturated carbocycles. The molecule has 0 aliphatic rings. The van der Waals surface area contributed by atoms with Gasteiger partial charge in [-0.1, -0.05) is 6.07 Å². The minimum absolute atomic E-state index is 0.135. The minimum atomic E-state index is -3.84. The molecule has 0 aromatic heterocycles. The van der Waals surface area contributed by atoms with Crippen LogP contribution >= 0.6 is 7.82 Å². The van der Waals surface area contributed by atoms with Crippen LogP contribution < -0.4 is 0 Å². The monoisotopic (exact) mass is 300 g/mol. The zero-order valence-corrected chi connectivity index (χ0v) is 13.5. The molecule has 0 atom stereocenters. The highest BCUT2D eigenvalue weighted by molar-refractivity contribution is 7.49. The molecule has 0 saturated heterocycles. The molecule has 1 rings (SSSR count). The first kappa shape index (κ1) is 16.9. The average Bonchev–Trinajstić information content (AvgIpc) is 2.36. The third-order valence-electron chi connectivity index (χ3n) is 3.05. The molecule has 0 aliphatic heterocycles. The molecule has 112 valence electrons. The smallest absolute Gasteiger partial charge is 0.367 e. The molecular weight excluding hydrogens is 279 g/mol. The van der Waals surface area contributed by atoms with Crippen molar-refractivity contribution >= 4 is 13.8 Å². The Balaban J connectivity index is 3.01. The van der Waals surface area contributed by atoms with E-state index < -0.39 is 13.8 Å². The van der Waals surface area contributed by atoms with Crippen LogP contribution in [0, 0.1) is 20.8 Å². The van der Waals surface area contributed by atoms with Crippen molar-refractivity contribution < 1.29 is 22.9 Å². The van der Waals surface area contributed by atoms with Gasteiger partial charge in [-0.25, -0.2) is 9.36 Å². The van der Waals surface area contributed by atoms with Gasteiger partial charge in [-0.05, 0) is 57.4 Å². The number of hydrogen-bond acceptors (Lipinski definition) is 5. The fourth-order valence-corrected chi connectivity index (χ4v) is 2.85. The SMILES string of the molecule is CCOP(=O)(OCC)OC(=O)c1ccc(C)c(C)c1C. The molecule has 0 fully saturated rings. The summed E-state index contributed by atoms with van der Waals surface area (Å²) in [6.07, 6.45) is 0. The van der Waals surface area contributed by atoms with Crippen LogP contribution in [0.15, 0.2) is 12.1 Å². The maximum atomic E-state index is 12.2. The van der Waals surface area contributed by atoms with Gasteiger partial charge in [-0.2, -0.15) is 0 Å². The average molecular weight is 300 g/mol. The van der Waals surface area contributed by atoms with Gasteiger partial charge in [0.2, 0.25) is 0 Å². The second-order valence-electron chi connectivity index (χ2n) is 4.34. The molecule has 0 N–H and O–H groups in total. The molecule has 0 heterocycles. The molecule has 0 amide bonds. The Morgan fingerprint density at radius 3 is 2.10 bits per heavy atom. The van der Waals surface area contributed by atoms with Crippen molar-refractivity contribution in [3.05, 3.63) is 34.4 Å². The van der Waals surface area contributed by atoms with Crippen molar-refractivity contribution in [2.24, 2.45) is 0 Å². The number of phosphoric acid groups is 1. The molecular formula is C14H21O5P. The molecule has 1 aromatic carbocycles. The quantitative estimate of drug-likeness (QED) is 0.744. The number of benzene rings is 1. The molecule has 5 nitrogen and oxygen atoms in total. The van der Waals surface area contributed by atoms with Crippen LogP contribution in [-0.4, -0.2) is 19.2 Å². The van der Waals surface area contributed by atoms with Crippen LogP contribution in [0.5, 0.6) is 0 Å². The zero-order valence-electron chi connectivity index (χ0n) is 12.6. The normalized spacial score (nSPS) is 11.4. The van der Waals surface area contributed by atoms with Crippen LogP contribution in [-0.2, 0) is 18.1 Å². The number of carbonyl (C=O) groups excluding carboxylic acids is 1. The van der Waals surface area contributed by atoms with Crippen molar-refractivity contribution in [3.63, 3.8) is 0 Å². The lowest BCUT2D eigenvalue weighted by atomic mass is 9.99. The van der Waals surface area contributed by atoms with E-state index in [1.165, 1.54) is 0 Å². The van der Waals surface area contributed by atoms with Gasteiger partial charge in [0.25, 0.3) is 0 Å². The lowest BCUT2D eigenvalue weighted by Gasteiger charge is -2.17. The first-order valence-corrected chi connectivity index (χ1v) is 8.00. The summed E-state index contributed by atoms with van der Waals surface area (Å²) < 4.78 is 27.0. The topological polar surface area (TPSA) is 61.8 Å². The molecule has 0 radical (unpaired) electrons. The summed E-state index contributed by atoms with van der Waals surface area (Å²) in [6.45, 7) is 9.29. The van der Waals surface area contributed by atoms with Gasteiger partial charge in [0, 0.05) is 0 Å². The van der Waals surface area contributed by atoms with Crippen molar-refractivity contribution in [2.45, 2.75) is 34.6 Å². The van der Waals surface area contributed by atoms with Crippen molar-refractivity contribution in [1.82, 2.24) is 0 Å². The third kappa shape index (κ3) is 3.92. The number of aryl methyl sites for hydroxylation is 1. The molecule has 0 aliphatic carbocycles. The highest BCUT2D eigenvalue weighted by atomic mass is 31.2. The van der Waals surface area contributed by atoms with Crippen LogP contribution in [0.4, 0.5) is 0 Å². The summed E-state index contributed by atoms with van der Waals surface area (Å²) in [5.74, 6) is -0.698. The first-order chi connectivity index (χ1) is 9.34. The fraction of sp³-hybridized carbons (Fsp3) is 0.500. The van der Waals surface area contributed by atoms with Gasteiger partial charge in [-0.15, -0.1) is 0 Å². The van der Waals surface area contributed by atoms with E-state index in [-0.39, 0.29) is 13.2 Å². The van der Waals surface area contributed by atoms with Gasteiger partial charge < -0.3 is 4.52 Å². The number of phosphoric ester groups is 1. The van der Waals surface area contributed by atoms with Gasteiger partial charge in [0.15, 0.2) is 0 Å². The minimum Gasteiger partial charge on any atom is -0.367 e. The lowest BCUT2D eigenvalue weighted by Crippen LogP contribution is -2.10. The van der Waals surface area contributed by atoms with E-state index in [0.29, 0.717) is 5.56 Å². The van der Waals surface area contributed by atoms with E-state index in [1.54, 1.807) is 19.9 Å². The molecule has 0 bridgehead atoms. The molecule has 1 aromatic rings. The summed E-state index contributed by atoms with van der Waals surface area (Å²) >= 11 is 0. The number of hydrogen-bond donors (Lipinski definition) is 0. The molecule has 0 unspecified atom stereocenters. The van der Waals surface area contributed by atoms with Gasteiger partial charge in [0.05, 0.1) is 18.8 Å². The Morgan fingerprint density at radius 2 is 1.60 bits per heavy atom. The maximum absolute atomic E-state index is 12.2. The van der Waals surface area contributed by atoms with E-state index in [2.05, 4.69) is 0 Å². The molecule has 0 spiro atoms. The van der Waals surface area contributed by atoms with E-state index in [4.69, 9.17) is 13.6 Å². The van der Waals surface area contributed by atoms with E-state index >= 15 is 0 Å². The fourth-order valence-electron chi connectivity index (χ4n) is 1.73. The summed E-state index contributed by atoms with van der Waals surface area (Å²) in [4.78, 5) is 12.1. The summed E-state index contributed by atoms with van der Waals surface area (Å²) in [5, 5.41) is 0. The zero-order chi connectivity index (χ0) is 15.3. The van der Waals surface area contributed by atoms with Crippen molar-refractivity contribution in [2.75, 3.05) is 13.2 Å². The largest absolute Gasteiger partial charge is 0.532 e. The van der Waals surface area contributed by atoms with Crippen LogP contribution in [0.3, 0.4) is 0 Å². The molecule has 20 heavy (non-hydrogen) atoms. The Hall–Kier alpha value is -1.16. The van der Waals surface area contributed by atoms with Gasteiger partial charge in [-0.3, -0.25) is 9.05 Å². The summed E-state index contributed by atoms with van der Waals surface area (Å²) in [5.41, 5.74) is 3.25. The van der Waals surface area contributed by atoms with Crippen molar-refractivity contribution in [1.29, 1.82) is 0 Å². The van der Waals surface area contributed by atoms with Crippen LogP contribution in [0.1, 0.15) is 40.9 Å². The summed E-state index contributed by atoms with van der Waals surface area (Å²) in [6, 6.07) is 3.48.